The smallest absolute Gasteiger partial charge is 0.251 e. The van der Waals surface area contributed by atoms with Crippen LogP contribution in [0.2, 0.25) is 0 Å². The number of nitrogens with one attached hydrogen (secondary N) is 2. The minimum Gasteiger partial charge on any atom is -0.387 e. The number of H-pyrrole nitrogens is 1. The van der Waals surface area contributed by atoms with Crippen LogP contribution in [0.4, 0.5) is 0 Å². The Morgan fingerprint density at radius 3 is 2.78 bits per heavy atom. The van der Waals surface area contributed by atoms with Crippen molar-refractivity contribution in [3.63, 3.8) is 0 Å². The summed E-state index contributed by atoms with van der Waals surface area (Å²) in [5.41, 5.74) is -1.07. The van der Waals surface area contributed by atoms with Gasteiger partial charge in [-0.1, -0.05) is 0 Å². The molecular weight excluding hydrogens is 234 g/mol. The van der Waals surface area contributed by atoms with Gasteiger partial charge in [-0.2, -0.15) is 0 Å². The fourth-order valence-corrected chi connectivity index (χ4v) is 1.70. The molecule has 1 aromatic heterocycles. The number of pyridine rings is 1. The van der Waals surface area contributed by atoms with Crippen molar-refractivity contribution in [2.24, 2.45) is 0 Å². The molecule has 6 heteroatoms. The molecule has 0 aromatic carbocycles. The molecule has 1 atom stereocenters. The highest BCUT2D eigenvalue weighted by molar-refractivity contribution is 5.93. The molecule has 0 spiro atoms. The quantitative estimate of drug-likeness (QED) is 0.655. The zero-order valence-electron chi connectivity index (χ0n) is 10.9. The number of hydrogen-bond donors (Lipinski definition) is 3. The highest BCUT2D eigenvalue weighted by atomic mass is 16.3. The summed E-state index contributed by atoms with van der Waals surface area (Å²) in [5.74, 6) is -0.375. The molecule has 0 bridgehead atoms. The molecule has 0 aliphatic rings. The Morgan fingerprint density at radius 2 is 2.22 bits per heavy atom. The summed E-state index contributed by atoms with van der Waals surface area (Å²) in [5, 5.41) is 12.6. The minimum atomic E-state index is -1.01. The predicted octanol–water partition coefficient (Wildman–Crippen LogP) is -0.583. The second-order valence-corrected chi connectivity index (χ2v) is 4.86. The van der Waals surface area contributed by atoms with E-state index in [-0.39, 0.29) is 23.6 Å². The monoisotopic (exact) mass is 253 g/mol. The lowest BCUT2D eigenvalue weighted by atomic mass is 10.1. The molecular formula is C12H19N3O3. The summed E-state index contributed by atoms with van der Waals surface area (Å²) in [4.78, 5) is 27.1. The Labute approximate surface area is 106 Å². The van der Waals surface area contributed by atoms with E-state index in [4.69, 9.17) is 0 Å². The summed E-state index contributed by atoms with van der Waals surface area (Å²) in [6.45, 7) is 2.20. The number of carbonyl (C=O) groups is 1. The van der Waals surface area contributed by atoms with E-state index in [1.54, 1.807) is 6.92 Å². The van der Waals surface area contributed by atoms with Crippen LogP contribution in [0, 0.1) is 0 Å². The highest BCUT2D eigenvalue weighted by Gasteiger charge is 2.22. The summed E-state index contributed by atoms with van der Waals surface area (Å²) in [7, 11) is 3.68. The maximum Gasteiger partial charge on any atom is 0.251 e. The van der Waals surface area contributed by atoms with Crippen LogP contribution in [0.5, 0.6) is 0 Å². The fraction of sp³-hybridized carbons (Fsp3) is 0.500. The first-order chi connectivity index (χ1) is 8.30. The molecule has 100 valence electrons. The van der Waals surface area contributed by atoms with Crippen molar-refractivity contribution < 1.29 is 9.90 Å². The van der Waals surface area contributed by atoms with Crippen molar-refractivity contribution in [2.75, 3.05) is 27.2 Å². The molecule has 1 heterocycles. The van der Waals surface area contributed by atoms with Gasteiger partial charge in [0.2, 0.25) is 5.56 Å². The van der Waals surface area contributed by atoms with E-state index in [0.29, 0.717) is 6.54 Å². The molecule has 1 unspecified atom stereocenters. The molecule has 0 saturated carbocycles. The van der Waals surface area contributed by atoms with Crippen LogP contribution in [0.25, 0.3) is 0 Å². The van der Waals surface area contributed by atoms with Gasteiger partial charge >= 0.3 is 0 Å². The number of amides is 1. The zero-order valence-corrected chi connectivity index (χ0v) is 10.9. The van der Waals surface area contributed by atoms with Crippen molar-refractivity contribution in [1.29, 1.82) is 0 Å². The van der Waals surface area contributed by atoms with Crippen molar-refractivity contribution in [3.05, 3.63) is 34.2 Å². The lowest BCUT2D eigenvalue weighted by Crippen LogP contribution is -2.47. The van der Waals surface area contributed by atoms with Gasteiger partial charge in [0.25, 0.3) is 5.91 Å². The SMILES string of the molecule is CN(C)CC(C)(O)CNC(=O)c1cc[nH]c(=O)c1. The lowest BCUT2D eigenvalue weighted by molar-refractivity contribution is 0.0326. The molecule has 18 heavy (non-hydrogen) atoms. The Kier molecular flexibility index (Phi) is 4.63. The van der Waals surface area contributed by atoms with Crippen molar-refractivity contribution in [2.45, 2.75) is 12.5 Å². The third kappa shape index (κ3) is 4.68. The molecule has 3 N–H and O–H groups in total. The van der Waals surface area contributed by atoms with Gasteiger partial charge in [-0.05, 0) is 27.1 Å². The normalized spacial score (nSPS) is 14.3. The number of aromatic nitrogens is 1. The number of nitrogens with zero attached hydrogens (tertiary/aromatic N) is 1. The third-order valence-electron chi connectivity index (χ3n) is 2.32. The molecule has 1 aromatic rings. The number of likely N-dealkylation sites (N-methyl/N-ethyl adjacent to an activating group) is 1. The predicted molar refractivity (Wildman–Crippen MR) is 68.6 cm³/mol. The zero-order chi connectivity index (χ0) is 13.8. The first-order valence-electron chi connectivity index (χ1n) is 5.64. The van der Waals surface area contributed by atoms with Crippen molar-refractivity contribution in [1.82, 2.24) is 15.2 Å². The van der Waals surface area contributed by atoms with E-state index in [9.17, 15) is 14.7 Å². The Balaban J connectivity index is 2.59. The standard InChI is InChI=1S/C12H19N3O3/c1-12(18,8-15(2)3)7-14-11(17)9-4-5-13-10(16)6-9/h4-6,18H,7-8H2,1-3H3,(H,13,16)(H,14,17). The average Bonchev–Trinajstić information content (AvgIpc) is 2.24. The average molecular weight is 253 g/mol. The molecule has 1 amide bonds. The van der Waals surface area contributed by atoms with Crippen LogP contribution in [-0.4, -0.2) is 53.7 Å². The van der Waals surface area contributed by atoms with Gasteiger partial charge in [0, 0.05) is 30.9 Å². The van der Waals surface area contributed by atoms with Gasteiger partial charge < -0.3 is 20.3 Å². The topological polar surface area (TPSA) is 85.4 Å². The first kappa shape index (κ1) is 14.4. The summed E-state index contributed by atoms with van der Waals surface area (Å²) in [6, 6.07) is 2.73. The largest absolute Gasteiger partial charge is 0.387 e. The molecule has 0 aliphatic heterocycles. The van der Waals surface area contributed by atoms with E-state index >= 15 is 0 Å². The second-order valence-electron chi connectivity index (χ2n) is 4.86. The van der Waals surface area contributed by atoms with E-state index in [1.807, 2.05) is 19.0 Å². The summed E-state index contributed by atoms with van der Waals surface area (Å²) in [6.07, 6.45) is 1.41. The van der Waals surface area contributed by atoms with Crippen LogP contribution >= 0.6 is 0 Å². The third-order valence-corrected chi connectivity index (χ3v) is 2.32. The number of aliphatic hydroxyl groups is 1. The van der Waals surface area contributed by atoms with Gasteiger partial charge in [0.05, 0.1) is 5.60 Å². The fourth-order valence-electron chi connectivity index (χ4n) is 1.70. The molecule has 0 fully saturated rings. The number of hydrogen-bond acceptors (Lipinski definition) is 4. The van der Waals surface area contributed by atoms with Crippen molar-refractivity contribution in [3.8, 4) is 0 Å². The van der Waals surface area contributed by atoms with Crippen LogP contribution < -0.4 is 10.9 Å². The lowest BCUT2D eigenvalue weighted by Gasteiger charge is -2.27. The summed E-state index contributed by atoms with van der Waals surface area (Å²) < 4.78 is 0. The van der Waals surface area contributed by atoms with Crippen molar-refractivity contribution >= 4 is 5.91 Å². The maximum absolute atomic E-state index is 11.7. The molecule has 0 aliphatic carbocycles. The van der Waals surface area contributed by atoms with Crippen LogP contribution in [0.15, 0.2) is 23.1 Å². The highest BCUT2D eigenvalue weighted by Crippen LogP contribution is 2.03. The van der Waals surface area contributed by atoms with Gasteiger partial charge in [-0.3, -0.25) is 9.59 Å². The van der Waals surface area contributed by atoms with E-state index < -0.39 is 5.60 Å². The number of rotatable bonds is 5. The summed E-state index contributed by atoms with van der Waals surface area (Å²) >= 11 is 0. The van der Waals surface area contributed by atoms with Crippen LogP contribution in [-0.2, 0) is 0 Å². The Hall–Kier alpha value is -1.66. The Morgan fingerprint density at radius 1 is 1.56 bits per heavy atom. The number of carbonyl (C=O) groups excluding carboxylic acids is 1. The Bertz CT molecular complexity index is 466. The molecule has 6 nitrogen and oxygen atoms in total. The first-order valence-corrected chi connectivity index (χ1v) is 5.64. The van der Waals surface area contributed by atoms with Gasteiger partial charge in [-0.25, -0.2) is 0 Å². The van der Waals surface area contributed by atoms with Gasteiger partial charge in [-0.15, -0.1) is 0 Å². The van der Waals surface area contributed by atoms with Crippen LogP contribution in [0.1, 0.15) is 17.3 Å². The molecule has 0 saturated heterocycles. The van der Waals surface area contributed by atoms with E-state index in [0.717, 1.165) is 0 Å². The minimum absolute atomic E-state index is 0.122. The number of aromatic amines is 1. The van der Waals surface area contributed by atoms with Gasteiger partial charge in [0.15, 0.2) is 0 Å². The van der Waals surface area contributed by atoms with E-state index in [1.165, 1.54) is 18.3 Å². The maximum atomic E-state index is 11.7. The van der Waals surface area contributed by atoms with Crippen LogP contribution in [0.3, 0.4) is 0 Å². The molecule has 0 radical (unpaired) electrons. The van der Waals surface area contributed by atoms with Gasteiger partial charge in [0.1, 0.15) is 0 Å². The second kappa shape index (κ2) is 5.79. The van der Waals surface area contributed by atoms with E-state index in [2.05, 4.69) is 10.3 Å². The molecule has 1 rings (SSSR count).